The second-order valence-corrected chi connectivity index (χ2v) is 15.2. The van der Waals surface area contributed by atoms with Gasteiger partial charge in [0.1, 0.15) is 4.21 Å². The molecule has 0 radical (unpaired) electrons. The van der Waals surface area contributed by atoms with Crippen LogP contribution >= 0.6 is 11.3 Å². The molecule has 3 aromatic rings. The molecule has 14 heteroatoms. The minimum Gasteiger partial charge on any atom is -0.376 e. The van der Waals surface area contributed by atoms with E-state index >= 15 is 0 Å². The van der Waals surface area contributed by atoms with Crippen molar-refractivity contribution in [1.29, 1.82) is 0 Å². The number of aliphatic hydroxyl groups is 1. The molecule has 0 aliphatic carbocycles. The predicted molar refractivity (Wildman–Crippen MR) is 153 cm³/mol. The Morgan fingerprint density at radius 3 is 2.17 bits per heavy atom. The van der Waals surface area contributed by atoms with Gasteiger partial charge in [0, 0.05) is 37.9 Å². The molecule has 8 nitrogen and oxygen atoms in total. The smallest absolute Gasteiger partial charge is 0.376 e. The highest BCUT2D eigenvalue weighted by atomic mass is 32.2. The van der Waals surface area contributed by atoms with Gasteiger partial charge in [-0.3, -0.25) is 0 Å². The van der Waals surface area contributed by atoms with Gasteiger partial charge in [0.2, 0.25) is 10.0 Å². The molecule has 2 heterocycles. The van der Waals surface area contributed by atoms with E-state index < -0.39 is 43.9 Å². The standard InChI is InChI=1S/C27H32F3N3O5S3/c1-20(21-8-5-4-6-9-21)33(40(3,35)36)19-24-18-31(41(37,38)25-10-7-17-39-25)15-16-32(24)23-13-11-22(12-14-23)26(2,34)27(28,29)30/h4-14,17,20,24,34H,15-16,18-19H2,1-3H3/t20-,24-,26-/m1/s1. The summed E-state index contributed by atoms with van der Waals surface area (Å²) in [5.41, 5.74) is -2.18. The summed E-state index contributed by atoms with van der Waals surface area (Å²) in [6.45, 7) is 2.56. The lowest BCUT2D eigenvalue weighted by atomic mass is 9.95. The molecule has 41 heavy (non-hydrogen) atoms. The lowest BCUT2D eigenvalue weighted by Gasteiger charge is -2.44. The molecule has 224 valence electrons. The number of halogens is 3. The molecular formula is C27H32F3N3O5S3. The summed E-state index contributed by atoms with van der Waals surface area (Å²) in [5, 5.41) is 11.7. The zero-order chi connectivity index (χ0) is 30.2. The van der Waals surface area contributed by atoms with E-state index in [0.717, 1.165) is 23.2 Å². The van der Waals surface area contributed by atoms with E-state index in [1.54, 1.807) is 42.6 Å². The Hall–Kier alpha value is -2.49. The molecule has 3 atom stereocenters. The van der Waals surface area contributed by atoms with Crippen LogP contribution in [-0.4, -0.2) is 75.2 Å². The van der Waals surface area contributed by atoms with Crippen LogP contribution in [0.25, 0.3) is 0 Å². The summed E-state index contributed by atoms with van der Waals surface area (Å²) < 4.78 is 95.8. The second kappa shape index (κ2) is 11.7. The molecule has 1 aliphatic heterocycles. The van der Waals surface area contributed by atoms with Crippen molar-refractivity contribution < 1.29 is 35.1 Å². The van der Waals surface area contributed by atoms with Gasteiger partial charge in [-0.1, -0.05) is 48.5 Å². The minimum atomic E-state index is -4.89. The molecule has 1 aromatic heterocycles. The van der Waals surface area contributed by atoms with Crippen molar-refractivity contribution in [2.45, 2.75) is 41.9 Å². The fourth-order valence-corrected chi connectivity index (χ4v) is 8.66. The number of benzene rings is 2. The normalized spacial score (nSPS) is 19.7. The van der Waals surface area contributed by atoms with Crippen LogP contribution in [0.5, 0.6) is 0 Å². The Bertz CT molecular complexity index is 1530. The van der Waals surface area contributed by atoms with Crippen molar-refractivity contribution in [2.75, 3.05) is 37.3 Å². The molecule has 0 saturated carbocycles. The first-order valence-electron chi connectivity index (χ1n) is 12.7. The molecule has 0 bridgehead atoms. The van der Waals surface area contributed by atoms with Crippen molar-refractivity contribution in [1.82, 2.24) is 8.61 Å². The summed E-state index contributed by atoms with van der Waals surface area (Å²) in [6, 6.07) is 16.1. The first-order chi connectivity index (χ1) is 19.0. The summed E-state index contributed by atoms with van der Waals surface area (Å²) >= 11 is 1.08. The summed E-state index contributed by atoms with van der Waals surface area (Å²) in [5.74, 6) is 0. The SMILES string of the molecule is C[C@H](c1ccccc1)N(C[C@H]1CN(S(=O)(=O)c2cccs2)CCN1c1ccc([C@@](C)(O)C(F)(F)F)cc1)S(C)(=O)=O. The Balaban J connectivity index is 1.71. The van der Waals surface area contributed by atoms with Gasteiger partial charge in [-0.15, -0.1) is 11.3 Å². The molecule has 1 N–H and O–H groups in total. The number of rotatable bonds is 9. The van der Waals surface area contributed by atoms with Gasteiger partial charge >= 0.3 is 6.18 Å². The topological polar surface area (TPSA) is 98.2 Å². The van der Waals surface area contributed by atoms with Crippen LogP contribution in [0.2, 0.25) is 0 Å². The van der Waals surface area contributed by atoms with Gasteiger partial charge < -0.3 is 10.0 Å². The largest absolute Gasteiger partial charge is 0.421 e. The highest BCUT2D eigenvalue weighted by molar-refractivity contribution is 7.91. The third-order valence-corrected chi connectivity index (χ3v) is 11.9. The lowest BCUT2D eigenvalue weighted by Crippen LogP contribution is -2.59. The molecule has 4 rings (SSSR count). The average Bonchev–Trinajstić information content (AvgIpc) is 3.47. The Morgan fingerprint density at radius 1 is 1.00 bits per heavy atom. The molecular weight excluding hydrogens is 600 g/mol. The number of piperazine rings is 1. The van der Waals surface area contributed by atoms with Gasteiger partial charge in [-0.2, -0.15) is 21.8 Å². The maximum atomic E-state index is 13.4. The number of nitrogens with zero attached hydrogens (tertiary/aromatic N) is 3. The molecule has 1 saturated heterocycles. The molecule has 0 unspecified atom stereocenters. The Labute approximate surface area is 242 Å². The monoisotopic (exact) mass is 631 g/mol. The van der Waals surface area contributed by atoms with E-state index in [9.17, 15) is 35.1 Å². The fourth-order valence-electron chi connectivity index (χ4n) is 4.91. The molecule has 2 aromatic carbocycles. The van der Waals surface area contributed by atoms with E-state index in [1.165, 1.54) is 38.9 Å². The minimum absolute atomic E-state index is 0.0459. The number of sulfonamides is 2. The van der Waals surface area contributed by atoms with Crippen LogP contribution in [0.15, 0.2) is 76.3 Å². The zero-order valence-corrected chi connectivity index (χ0v) is 25.1. The van der Waals surface area contributed by atoms with E-state index in [1.807, 2.05) is 11.0 Å². The van der Waals surface area contributed by atoms with Crippen LogP contribution < -0.4 is 4.90 Å². The first-order valence-corrected chi connectivity index (χ1v) is 16.9. The summed E-state index contributed by atoms with van der Waals surface area (Å²) in [4.78, 5) is 1.81. The van der Waals surface area contributed by atoms with Crippen molar-refractivity contribution in [3.8, 4) is 0 Å². The summed E-state index contributed by atoms with van der Waals surface area (Å²) in [6.07, 6.45) is -3.80. The van der Waals surface area contributed by atoms with Crippen LogP contribution in [0, 0.1) is 0 Å². The fraction of sp³-hybridized carbons (Fsp3) is 0.407. The van der Waals surface area contributed by atoms with Gasteiger partial charge in [-0.25, -0.2) is 16.8 Å². The number of thiophene rings is 1. The second-order valence-electron chi connectivity index (χ2n) is 10.2. The lowest BCUT2D eigenvalue weighted by molar-refractivity contribution is -0.258. The highest BCUT2D eigenvalue weighted by Gasteiger charge is 2.51. The van der Waals surface area contributed by atoms with Gasteiger partial charge in [-0.05, 0) is 48.6 Å². The highest BCUT2D eigenvalue weighted by Crippen LogP contribution is 2.39. The maximum Gasteiger partial charge on any atom is 0.421 e. The average molecular weight is 632 g/mol. The van der Waals surface area contributed by atoms with Crippen LogP contribution in [0.1, 0.15) is 31.0 Å². The number of hydrogen-bond donors (Lipinski definition) is 1. The first kappa shape index (κ1) is 31.4. The third-order valence-electron chi connectivity index (χ3n) is 7.38. The molecule has 0 spiro atoms. The van der Waals surface area contributed by atoms with Crippen molar-refractivity contribution in [3.63, 3.8) is 0 Å². The number of alkyl halides is 3. The number of hydrogen-bond acceptors (Lipinski definition) is 7. The Morgan fingerprint density at radius 2 is 1.63 bits per heavy atom. The van der Waals surface area contributed by atoms with Gasteiger partial charge in [0.25, 0.3) is 10.0 Å². The predicted octanol–water partition coefficient (Wildman–Crippen LogP) is 4.42. The molecule has 1 fully saturated rings. The van der Waals surface area contributed by atoms with E-state index in [2.05, 4.69) is 0 Å². The third kappa shape index (κ3) is 6.62. The van der Waals surface area contributed by atoms with Gasteiger partial charge in [0.05, 0.1) is 12.3 Å². The van der Waals surface area contributed by atoms with E-state index in [-0.39, 0.29) is 36.0 Å². The Kier molecular flexibility index (Phi) is 8.94. The number of anilines is 1. The van der Waals surface area contributed by atoms with Crippen LogP contribution in [0.4, 0.5) is 18.9 Å². The maximum absolute atomic E-state index is 13.4. The van der Waals surface area contributed by atoms with Crippen molar-refractivity contribution in [2.24, 2.45) is 0 Å². The van der Waals surface area contributed by atoms with Gasteiger partial charge in [0.15, 0.2) is 5.60 Å². The van der Waals surface area contributed by atoms with Crippen molar-refractivity contribution in [3.05, 3.63) is 83.2 Å². The molecule has 0 amide bonds. The van der Waals surface area contributed by atoms with Crippen LogP contribution in [0.3, 0.4) is 0 Å². The van der Waals surface area contributed by atoms with Crippen LogP contribution in [-0.2, 0) is 25.6 Å². The summed E-state index contributed by atoms with van der Waals surface area (Å²) in [7, 11) is -7.62. The quantitative estimate of drug-likeness (QED) is 0.376. The zero-order valence-electron chi connectivity index (χ0n) is 22.7. The molecule has 1 aliphatic rings. The van der Waals surface area contributed by atoms with E-state index in [0.29, 0.717) is 12.6 Å². The van der Waals surface area contributed by atoms with E-state index in [4.69, 9.17) is 0 Å². The van der Waals surface area contributed by atoms with Crippen molar-refractivity contribution >= 4 is 37.1 Å².